The van der Waals surface area contributed by atoms with Gasteiger partial charge in [0.25, 0.3) is 0 Å². The third-order valence-electron chi connectivity index (χ3n) is 3.17. The molecule has 20 heavy (non-hydrogen) atoms. The largest absolute Gasteiger partial charge is 0.398 e. The van der Waals surface area contributed by atoms with Gasteiger partial charge in [-0.15, -0.1) is 0 Å². The first-order valence-electron chi connectivity index (χ1n) is 6.31. The number of nitriles is 1. The van der Waals surface area contributed by atoms with Crippen molar-refractivity contribution >= 4 is 23.0 Å². The molecule has 0 atom stereocenters. The lowest BCUT2D eigenvalue weighted by Gasteiger charge is -2.20. The molecule has 2 N–H and O–H groups in total. The topological polar surface area (TPSA) is 53.0 Å². The predicted molar refractivity (Wildman–Crippen MR) is 83.7 cm³/mol. The summed E-state index contributed by atoms with van der Waals surface area (Å²) in [6.45, 7) is 0.771. The summed E-state index contributed by atoms with van der Waals surface area (Å²) in [5.41, 5.74) is 9.61. The first-order chi connectivity index (χ1) is 9.60. The molecule has 2 aromatic carbocycles. The van der Waals surface area contributed by atoms with Gasteiger partial charge < -0.3 is 10.6 Å². The summed E-state index contributed by atoms with van der Waals surface area (Å²) in [6.07, 6.45) is 0.328. The molecule has 3 nitrogen and oxygen atoms in total. The van der Waals surface area contributed by atoms with Gasteiger partial charge >= 0.3 is 0 Å². The number of halogens is 1. The minimum atomic E-state index is 0.328. The quantitative estimate of drug-likeness (QED) is 0.873. The molecule has 4 heteroatoms. The van der Waals surface area contributed by atoms with Crippen molar-refractivity contribution in [2.75, 3.05) is 17.7 Å². The molecule has 0 amide bonds. The van der Waals surface area contributed by atoms with Gasteiger partial charge in [0, 0.05) is 30.0 Å². The number of hydrogen-bond acceptors (Lipinski definition) is 3. The van der Waals surface area contributed by atoms with E-state index in [-0.39, 0.29) is 0 Å². The van der Waals surface area contributed by atoms with Crippen LogP contribution in [0.2, 0.25) is 5.02 Å². The maximum Gasteiger partial charge on any atom is 0.0670 e. The van der Waals surface area contributed by atoms with E-state index in [1.807, 2.05) is 49.5 Å². The molecule has 0 aromatic heterocycles. The second-order valence-corrected chi connectivity index (χ2v) is 5.14. The molecule has 0 aliphatic heterocycles. The predicted octanol–water partition coefficient (Wildman–Crippen LogP) is 3.62. The molecular weight excluding hydrogens is 270 g/mol. The number of benzene rings is 2. The Kier molecular flexibility index (Phi) is 4.49. The van der Waals surface area contributed by atoms with E-state index >= 15 is 0 Å². The monoisotopic (exact) mass is 285 g/mol. The normalized spacial score (nSPS) is 10.1. The summed E-state index contributed by atoms with van der Waals surface area (Å²) in [7, 11) is 2.01. The van der Waals surface area contributed by atoms with E-state index in [2.05, 4.69) is 11.0 Å². The average Bonchev–Trinajstić information content (AvgIpc) is 2.44. The molecule has 0 saturated carbocycles. The minimum absolute atomic E-state index is 0.328. The van der Waals surface area contributed by atoms with Crippen LogP contribution in [0, 0.1) is 11.3 Å². The summed E-state index contributed by atoms with van der Waals surface area (Å²) in [5, 5.41) is 9.54. The van der Waals surface area contributed by atoms with Crippen LogP contribution in [0.5, 0.6) is 0 Å². The Bertz CT molecular complexity index is 629. The lowest BCUT2D eigenvalue weighted by molar-refractivity contribution is 0.921. The fraction of sp³-hybridized carbons (Fsp3) is 0.188. The van der Waals surface area contributed by atoms with Crippen molar-refractivity contribution in [2.45, 2.75) is 13.0 Å². The standard InChI is InChI=1S/C16H16ClN3/c1-20(11-12-2-4-14(17)5-3-12)15-6-7-16(19)13(10-15)8-9-18/h2-7,10H,8,11,19H2,1H3. The Morgan fingerprint density at radius 2 is 1.90 bits per heavy atom. The molecule has 0 saturated heterocycles. The highest BCUT2D eigenvalue weighted by Crippen LogP contribution is 2.22. The summed E-state index contributed by atoms with van der Waals surface area (Å²) in [4.78, 5) is 2.11. The first kappa shape index (κ1) is 14.2. The molecule has 0 unspecified atom stereocenters. The Morgan fingerprint density at radius 1 is 1.20 bits per heavy atom. The Morgan fingerprint density at radius 3 is 2.55 bits per heavy atom. The van der Waals surface area contributed by atoms with E-state index < -0.39 is 0 Å². The second-order valence-electron chi connectivity index (χ2n) is 4.70. The summed E-state index contributed by atoms with van der Waals surface area (Å²) >= 11 is 5.88. The van der Waals surface area contributed by atoms with E-state index in [1.54, 1.807) is 0 Å². The molecule has 0 aliphatic rings. The number of anilines is 2. The molecule has 0 spiro atoms. The van der Waals surface area contributed by atoms with Crippen molar-refractivity contribution in [1.29, 1.82) is 5.26 Å². The van der Waals surface area contributed by atoms with Crippen LogP contribution < -0.4 is 10.6 Å². The van der Waals surface area contributed by atoms with E-state index in [1.165, 1.54) is 5.56 Å². The maximum atomic E-state index is 8.80. The van der Waals surface area contributed by atoms with E-state index in [0.717, 1.165) is 22.8 Å². The minimum Gasteiger partial charge on any atom is -0.398 e. The third kappa shape index (κ3) is 3.43. The van der Waals surface area contributed by atoms with Crippen LogP contribution in [0.3, 0.4) is 0 Å². The number of hydrogen-bond donors (Lipinski definition) is 1. The molecule has 0 radical (unpaired) electrons. The SMILES string of the molecule is CN(Cc1ccc(Cl)cc1)c1ccc(N)c(CC#N)c1. The van der Waals surface area contributed by atoms with E-state index in [9.17, 15) is 0 Å². The molecule has 0 heterocycles. The van der Waals surface area contributed by atoms with Crippen molar-refractivity contribution in [3.63, 3.8) is 0 Å². The van der Waals surface area contributed by atoms with Crippen LogP contribution in [0.1, 0.15) is 11.1 Å². The third-order valence-corrected chi connectivity index (χ3v) is 3.42. The molecule has 0 bridgehead atoms. The van der Waals surface area contributed by atoms with Crippen LogP contribution >= 0.6 is 11.6 Å². The lowest BCUT2D eigenvalue weighted by atomic mass is 10.1. The molecule has 102 valence electrons. The van der Waals surface area contributed by atoms with Gasteiger partial charge in [-0.25, -0.2) is 0 Å². The summed E-state index contributed by atoms with van der Waals surface area (Å²) in [5.74, 6) is 0. The van der Waals surface area contributed by atoms with E-state index in [0.29, 0.717) is 12.1 Å². The van der Waals surface area contributed by atoms with Crippen LogP contribution in [-0.4, -0.2) is 7.05 Å². The van der Waals surface area contributed by atoms with E-state index in [4.69, 9.17) is 22.6 Å². The Balaban J connectivity index is 2.16. The average molecular weight is 286 g/mol. The zero-order chi connectivity index (χ0) is 14.5. The fourth-order valence-corrected chi connectivity index (χ4v) is 2.15. The number of rotatable bonds is 4. The number of nitrogens with two attached hydrogens (primary N) is 1. The van der Waals surface area contributed by atoms with Gasteiger partial charge in [0.1, 0.15) is 0 Å². The van der Waals surface area contributed by atoms with Crippen LogP contribution in [-0.2, 0) is 13.0 Å². The highest BCUT2D eigenvalue weighted by Gasteiger charge is 2.06. The Labute approximate surface area is 124 Å². The lowest BCUT2D eigenvalue weighted by Crippen LogP contribution is -2.16. The fourth-order valence-electron chi connectivity index (χ4n) is 2.02. The molecular formula is C16H16ClN3. The van der Waals surface area contributed by atoms with Gasteiger partial charge in [-0.1, -0.05) is 23.7 Å². The zero-order valence-electron chi connectivity index (χ0n) is 11.3. The Hall–Kier alpha value is -2.18. The van der Waals surface area contributed by atoms with Crippen molar-refractivity contribution in [3.8, 4) is 6.07 Å². The second kappa shape index (κ2) is 6.31. The van der Waals surface area contributed by atoms with Gasteiger partial charge in [-0.3, -0.25) is 0 Å². The van der Waals surface area contributed by atoms with Crippen molar-refractivity contribution < 1.29 is 0 Å². The summed E-state index contributed by atoms with van der Waals surface area (Å²) < 4.78 is 0. The van der Waals surface area contributed by atoms with Gasteiger partial charge in [-0.2, -0.15) is 5.26 Å². The summed E-state index contributed by atoms with van der Waals surface area (Å²) in [6, 6.07) is 15.7. The van der Waals surface area contributed by atoms with Crippen LogP contribution in [0.25, 0.3) is 0 Å². The molecule has 0 fully saturated rings. The van der Waals surface area contributed by atoms with Crippen LogP contribution in [0.15, 0.2) is 42.5 Å². The molecule has 0 aliphatic carbocycles. The first-order valence-corrected chi connectivity index (χ1v) is 6.69. The van der Waals surface area contributed by atoms with Gasteiger partial charge in [0.05, 0.1) is 12.5 Å². The smallest absolute Gasteiger partial charge is 0.0670 e. The highest BCUT2D eigenvalue weighted by molar-refractivity contribution is 6.30. The van der Waals surface area contributed by atoms with Gasteiger partial charge in [0.2, 0.25) is 0 Å². The molecule has 2 aromatic rings. The maximum absolute atomic E-state index is 8.80. The van der Waals surface area contributed by atoms with Crippen molar-refractivity contribution in [3.05, 3.63) is 58.6 Å². The van der Waals surface area contributed by atoms with Gasteiger partial charge in [0.15, 0.2) is 0 Å². The van der Waals surface area contributed by atoms with Gasteiger partial charge in [-0.05, 0) is 41.5 Å². The van der Waals surface area contributed by atoms with Crippen LogP contribution in [0.4, 0.5) is 11.4 Å². The van der Waals surface area contributed by atoms with Crippen molar-refractivity contribution in [2.24, 2.45) is 0 Å². The zero-order valence-corrected chi connectivity index (χ0v) is 12.1. The molecule has 2 rings (SSSR count). The van der Waals surface area contributed by atoms with Crippen molar-refractivity contribution in [1.82, 2.24) is 0 Å². The highest BCUT2D eigenvalue weighted by atomic mass is 35.5. The number of nitrogen functional groups attached to an aromatic ring is 1. The number of nitrogens with zero attached hydrogens (tertiary/aromatic N) is 2.